The highest BCUT2D eigenvalue weighted by Gasteiger charge is 2.37. The van der Waals surface area contributed by atoms with Crippen LogP contribution in [-0.4, -0.2) is 77.7 Å². The molecule has 0 bridgehead atoms. The lowest BCUT2D eigenvalue weighted by atomic mass is 9.92. The second kappa shape index (κ2) is 10.8. The summed E-state index contributed by atoms with van der Waals surface area (Å²) in [6.07, 6.45) is 1.94. The van der Waals surface area contributed by atoms with Crippen LogP contribution in [0.25, 0.3) is 0 Å². The van der Waals surface area contributed by atoms with Crippen LogP contribution in [0.3, 0.4) is 0 Å². The van der Waals surface area contributed by atoms with Crippen LogP contribution < -0.4 is 5.32 Å². The Morgan fingerprint density at radius 2 is 1.74 bits per heavy atom. The first-order valence-electron chi connectivity index (χ1n) is 11.5. The second-order valence-corrected chi connectivity index (χ2v) is 9.06. The number of carbonyl (C=O) groups is 3. The van der Waals surface area contributed by atoms with Gasteiger partial charge in [0, 0.05) is 52.1 Å². The zero-order chi connectivity index (χ0) is 22.4. The minimum Gasteiger partial charge on any atom is -0.355 e. The van der Waals surface area contributed by atoms with E-state index >= 15 is 0 Å². The molecule has 0 saturated carbocycles. The Hall–Kier alpha value is -2.41. The number of benzene rings is 1. The zero-order valence-corrected chi connectivity index (χ0v) is 19.1. The predicted molar refractivity (Wildman–Crippen MR) is 120 cm³/mol. The van der Waals surface area contributed by atoms with Gasteiger partial charge in [-0.25, -0.2) is 0 Å². The maximum atomic E-state index is 13.5. The van der Waals surface area contributed by atoms with Crippen molar-refractivity contribution in [3.05, 3.63) is 35.4 Å². The van der Waals surface area contributed by atoms with Crippen molar-refractivity contribution >= 4 is 17.7 Å². The molecule has 3 rings (SSSR count). The number of nitrogens with zero attached hydrogens (tertiary/aromatic N) is 3. The number of hydrogen-bond donors (Lipinski definition) is 1. The first-order chi connectivity index (χ1) is 14.9. The molecule has 0 aliphatic carbocycles. The summed E-state index contributed by atoms with van der Waals surface area (Å²) in [6.45, 7) is 10.2. The van der Waals surface area contributed by atoms with E-state index in [1.54, 1.807) is 4.90 Å². The highest BCUT2D eigenvalue weighted by molar-refractivity contribution is 5.88. The van der Waals surface area contributed by atoms with E-state index in [1.165, 1.54) is 0 Å². The van der Waals surface area contributed by atoms with E-state index in [2.05, 4.69) is 16.3 Å². The first-order valence-corrected chi connectivity index (χ1v) is 11.5. The third-order valence-electron chi connectivity index (χ3n) is 6.06. The van der Waals surface area contributed by atoms with E-state index in [9.17, 15) is 14.4 Å². The molecule has 2 aliphatic heterocycles. The van der Waals surface area contributed by atoms with Crippen LogP contribution >= 0.6 is 0 Å². The maximum absolute atomic E-state index is 13.5. The molecule has 2 heterocycles. The molecule has 1 aromatic carbocycles. The van der Waals surface area contributed by atoms with Crippen LogP contribution in [-0.2, 0) is 27.3 Å². The largest absolute Gasteiger partial charge is 0.355 e. The minimum atomic E-state index is -0.444. The lowest BCUT2D eigenvalue weighted by Crippen LogP contribution is -2.58. The quantitative estimate of drug-likeness (QED) is 0.717. The van der Waals surface area contributed by atoms with Crippen molar-refractivity contribution in [1.29, 1.82) is 0 Å². The van der Waals surface area contributed by atoms with Crippen molar-refractivity contribution in [3.8, 4) is 0 Å². The lowest BCUT2D eigenvalue weighted by Gasteiger charge is -2.41. The summed E-state index contributed by atoms with van der Waals surface area (Å²) in [5, 5.41) is 2.90. The third kappa shape index (κ3) is 6.06. The van der Waals surface area contributed by atoms with E-state index < -0.39 is 6.04 Å². The Morgan fingerprint density at radius 3 is 2.39 bits per heavy atom. The van der Waals surface area contributed by atoms with E-state index in [0.717, 1.165) is 17.5 Å². The average Bonchev–Trinajstić information content (AvgIpc) is 2.76. The van der Waals surface area contributed by atoms with E-state index in [-0.39, 0.29) is 23.6 Å². The highest BCUT2D eigenvalue weighted by Crippen LogP contribution is 2.26. The van der Waals surface area contributed by atoms with Gasteiger partial charge in [-0.2, -0.15) is 0 Å². The summed E-state index contributed by atoms with van der Waals surface area (Å²) in [4.78, 5) is 44.2. The van der Waals surface area contributed by atoms with Gasteiger partial charge in [-0.3, -0.25) is 19.3 Å². The van der Waals surface area contributed by atoms with Gasteiger partial charge in [0.05, 0.1) is 6.54 Å². The number of amides is 3. The van der Waals surface area contributed by atoms with Gasteiger partial charge in [0.1, 0.15) is 6.04 Å². The Labute approximate surface area is 185 Å². The number of nitrogens with one attached hydrogen (secondary N) is 1. The third-order valence-corrected chi connectivity index (χ3v) is 6.06. The maximum Gasteiger partial charge on any atom is 0.245 e. The van der Waals surface area contributed by atoms with Gasteiger partial charge in [-0.05, 0) is 23.5 Å². The van der Waals surface area contributed by atoms with Gasteiger partial charge >= 0.3 is 0 Å². The van der Waals surface area contributed by atoms with E-state index in [0.29, 0.717) is 58.7 Å². The fraction of sp³-hybridized carbons (Fsp3) is 0.625. The highest BCUT2D eigenvalue weighted by atomic mass is 16.2. The van der Waals surface area contributed by atoms with Crippen molar-refractivity contribution in [2.75, 3.05) is 39.3 Å². The second-order valence-electron chi connectivity index (χ2n) is 9.06. The Kier molecular flexibility index (Phi) is 8.07. The molecule has 1 aromatic rings. The number of fused-ring (bicyclic) bond motifs is 1. The fourth-order valence-corrected chi connectivity index (χ4v) is 4.33. The van der Waals surface area contributed by atoms with Gasteiger partial charge in [0.25, 0.3) is 0 Å². The van der Waals surface area contributed by atoms with Crippen LogP contribution in [0.4, 0.5) is 0 Å². The van der Waals surface area contributed by atoms with Gasteiger partial charge in [-0.15, -0.1) is 0 Å². The SMILES string of the molecule is CCCNC(=O)CN1CCN(C(=O)C2Cc3ccccc3CN2C(=O)CC(C)C)CC1. The summed E-state index contributed by atoms with van der Waals surface area (Å²) >= 11 is 0. The van der Waals surface area contributed by atoms with Gasteiger partial charge in [0.15, 0.2) is 0 Å². The van der Waals surface area contributed by atoms with Crippen molar-refractivity contribution in [1.82, 2.24) is 20.0 Å². The van der Waals surface area contributed by atoms with Crippen LogP contribution in [0.2, 0.25) is 0 Å². The van der Waals surface area contributed by atoms with Gasteiger partial charge in [0.2, 0.25) is 17.7 Å². The van der Waals surface area contributed by atoms with Crippen molar-refractivity contribution in [3.63, 3.8) is 0 Å². The topological polar surface area (TPSA) is 73.0 Å². The average molecular weight is 429 g/mol. The summed E-state index contributed by atoms with van der Waals surface area (Å²) in [7, 11) is 0. The smallest absolute Gasteiger partial charge is 0.245 e. The Morgan fingerprint density at radius 1 is 1.06 bits per heavy atom. The van der Waals surface area contributed by atoms with E-state index in [4.69, 9.17) is 0 Å². The zero-order valence-electron chi connectivity index (χ0n) is 19.1. The van der Waals surface area contributed by atoms with Crippen LogP contribution in [0.5, 0.6) is 0 Å². The van der Waals surface area contributed by atoms with Crippen molar-refractivity contribution in [2.24, 2.45) is 5.92 Å². The normalized spacial score (nSPS) is 19.3. The van der Waals surface area contributed by atoms with Gasteiger partial charge < -0.3 is 15.1 Å². The molecule has 1 unspecified atom stereocenters. The van der Waals surface area contributed by atoms with E-state index in [1.807, 2.05) is 43.9 Å². The monoisotopic (exact) mass is 428 g/mol. The molecule has 7 nitrogen and oxygen atoms in total. The predicted octanol–water partition coefficient (Wildman–Crippen LogP) is 1.66. The van der Waals surface area contributed by atoms with Crippen LogP contribution in [0.15, 0.2) is 24.3 Å². The molecule has 1 fully saturated rings. The molecular weight excluding hydrogens is 392 g/mol. The summed E-state index contributed by atoms with van der Waals surface area (Å²) in [5.41, 5.74) is 2.28. The Bertz CT molecular complexity index is 787. The lowest BCUT2D eigenvalue weighted by molar-refractivity contribution is -0.148. The molecule has 170 valence electrons. The van der Waals surface area contributed by atoms with Gasteiger partial charge in [-0.1, -0.05) is 45.0 Å². The number of hydrogen-bond acceptors (Lipinski definition) is 4. The fourth-order valence-electron chi connectivity index (χ4n) is 4.33. The van der Waals surface area contributed by atoms with Crippen molar-refractivity contribution in [2.45, 2.75) is 52.6 Å². The molecule has 3 amide bonds. The molecule has 2 aliphatic rings. The number of piperazine rings is 1. The molecule has 0 radical (unpaired) electrons. The number of carbonyl (C=O) groups excluding carboxylic acids is 3. The summed E-state index contributed by atoms with van der Waals surface area (Å²) in [6, 6.07) is 7.65. The molecule has 1 atom stereocenters. The summed E-state index contributed by atoms with van der Waals surface area (Å²) < 4.78 is 0. The first kappa shape index (κ1) is 23.3. The Balaban J connectivity index is 1.64. The van der Waals surface area contributed by atoms with Crippen molar-refractivity contribution < 1.29 is 14.4 Å². The molecule has 7 heteroatoms. The molecule has 31 heavy (non-hydrogen) atoms. The molecule has 0 spiro atoms. The molecule has 1 N–H and O–H groups in total. The van der Waals surface area contributed by atoms with Crippen LogP contribution in [0, 0.1) is 5.92 Å². The minimum absolute atomic E-state index is 0.0293. The van der Waals surface area contributed by atoms with Crippen LogP contribution in [0.1, 0.15) is 44.7 Å². The summed E-state index contributed by atoms with van der Waals surface area (Å²) in [5.74, 6) is 0.370. The molecular formula is C24H36N4O3. The molecule has 1 saturated heterocycles. The molecule has 0 aromatic heterocycles. The standard InChI is InChI=1S/C24H36N4O3/c1-4-9-25-22(29)17-26-10-12-27(13-11-26)24(31)21-15-19-7-5-6-8-20(19)16-28(21)23(30)14-18(2)3/h5-8,18,21H,4,9-17H2,1-3H3,(H,25,29). The number of rotatable bonds is 7.